The smallest absolute Gasteiger partial charge is 0.248 e. The fourth-order valence-corrected chi connectivity index (χ4v) is 3.64. The molecule has 146 valence electrons. The molecule has 1 aromatic heterocycles. The Bertz CT molecular complexity index is 798. The lowest BCUT2D eigenvalue weighted by molar-refractivity contribution is -0.162. The number of fused-ring (bicyclic) bond motifs is 1. The third-order valence-corrected chi connectivity index (χ3v) is 5.06. The quantitative estimate of drug-likeness (QED) is 0.815. The number of aromatic nitrogens is 2. The molecular formula is C19H26N4O4. The van der Waals surface area contributed by atoms with Crippen LogP contribution in [0.4, 0.5) is 0 Å². The first-order valence-electron chi connectivity index (χ1n) is 9.37. The molecule has 0 saturated carbocycles. The number of aromatic amines is 1. The monoisotopic (exact) mass is 374 g/mol. The van der Waals surface area contributed by atoms with Gasteiger partial charge in [-0.1, -0.05) is 12.1 Å². The van der Waals surface area contributed by atoms with Crippen molar-refractivity contribution in [3.05, 3.63) is 29.6 Å². The molecule has 2 aromatic rings. The zero-order valence-electron chi connectivity index (χ0n) is 15.6. The molecule has 1 amide bonds. The van der Waals surface area contributed by atoms with Gasteiger partial charge in [-0.3, -0.25) is 4.79 Å². The summed E-state index contributed by atoms with van der Waals surface area (Å²) in [6.07, 6.45) is 0. The Morgan fingerprint density at radius 1 is 1.41 bits per heavy atom. The molecular weight excluding hydrogens is 348 g/mol. The zero-order valence-corrected chi connectivity index (χ0v) is 15.6. The van der Waals surface area contributed by atoms with Crippen LogP contribution in [0.15, 0.2) is 18.2 Å². The van der Waals surface area contributed by atoms with Crippen molar-refractivity contribution in [1.82, 2.24) is 20.2 Å². The van der Waals surface area contributed by atoms with Gasteiger partial charge in [0, 0.05) is 19.6 Å². The SMILES string of the molecule is Cc1cccc2[nH]c(COCC(=O)N3CCO[C@]4(CNCCOC4)C3)nc12. The van der Waals surface area contributed by atoms with Crippen LogP contribution in [-0.4, -0.2) is 79.0 Å². The van der Waals surface area contributed by atoms with Gasteiger partial charge in [0.2, 0.25) is 5.91 Å². The van der Waals surface area contributed by atoms with Gasteiger partial charge in [-0.25, -0.2) is 4.98 Å². The fraction of sp³-hybridized carbons (Fsp3) is 0.579. The van der Waals surface area contributed by atoms with E-state index in [9.17, 15) is 4.79 Å². The van der Waals surface area contributed by atoms with Gasteiger partial charge in [-0.05, 0) is 18.6 Å². The van der Waals surface area contributed by atoms with E-state index >= 15 is 0 Å². The van der Waals surface area contributed by atoms with Crippen molar-refractivity contribution >= 4 is 16.9 Å². The maximum atomic E-state index is 12.6. The number of para-hydroxylation sites is 1. The molecule has 0 aliphatic carbocycles. The van der Waals surface area contributed by atoms with Crippen LogP contribution in [-0.2, 0) is 25.6 Å². The van der Waals surface area contributed by atoms with E-state index in [-0.39, 0.29) is 19.1 Å². The highest BCUT2D eigenvalue weighted by Gasteiger charge is 2.39. The minimum Gasteiger partial charge on any atom is -0.377 e. The van der Waals surface area contributed by atoms with Crippen LogP contribution in [0.2, 0.25) is 0 Å². The van der Waals surface area contributed by atoms with Crippen molar-refractivity contribution in [2.45, 2.75) is 19.1 Å². The number of nitrogens with zero attached hydrogens (tertiary/aromatic N) is 2. The zero-order chi connectivity index (χ0) is 18.7. The summed E-state index contributed by atoms with van der Waals surface area (Å²) < 4.78 is 17.2. The Balaban J connectivity index is 1.31. The van der Waals surface area contributed by atoms with Crippen LogP contribution >= 0.6 is 0 Å². The number of ether oxygens (including phenoxy) is 3. The molecule has 3 heterocycles. The number of carbonyl (C=O) groups excluding carboxylic acids is 1. The van der Waals surface area contributed by atoms with Gasteiger partial charge < -0.3 is 29.4 Å². The van der Waals surface area contributed by atoms with Crippen molar-refractivity contribution in [3.8, 4) is 0 Å². The highest BCUT2D eigenvalue weighted by molar-refractivity contribution is 5.78. The van der Waals surface area contributed by atoms with E-state index in [4.69, 9.17) is 14.2 Å². The Morgan fingerprint density at radius 3 is 3.22 bits per heavy atom. The molecule has 1 spiro atoms. The highest BCUT2D eigenvalue weighted by Crippen LogP contribution is 2.20. The van der Waals surface area contributed by atoms with Crippen LogP contribution in [0, 0.1) is 6.92 Å². The van der Waals surface area contributed by atoms with Gasteiger partial charge in [0.1, 0.15) is 24.6 Å². The minimum absolute atomic E-state index is 0.0282. The molecule has 1 atom stereocenters. The summed E-state index contributed by atoms with van der Waals surface area (Å²) in [5.41, 5.74) is 2.58. The van der Waals surface area contributed by atoms with E-state index in [0.29, 0.717) is 39.5 Å². The Morgan fingerprint density at radius 2 is 2.33 bits per heavy atom. The number of carbonyl (C=O) groups is 1. The van der Waals surface area contributed by atoms with Gasteiger partial charge in [-0.15, -0.1) is 0 Å². The molecule has 1 aromatic carbocycles. The summed E-state index contributed by atoms with van der Waals surface area (Å²) in [4.78, 5) is 22.2. The summed E-state index contributed by atoms with van der Waals surface area (Å²) in [7, 11) is 0. The fourth-order valence-electron chi connectivity index (χ4n) is 3.64. The first-order chi connectivity index (χ1) is 13.2. The normalized spacial score (nSPS) is 23.7. The molecule has 4 rings (SSSR count). The third kappa shape index (κ3) is 4.14. The first kappa shape index (κ1) is 18.4. The van der Waals surface area contributed by atoms with Crippen molar-refractivity contribution < 1.29 is 19.0 Å². The number of amides is 1. The van der Waals surface area contributed by atoms with E-state index in [1.54, 1.807) is 0 Å². The van der Waals surface area contributed by atoms with Gasteiger partial charge in [0.05, 0.1) is 37.4 Å². The molecule has 0 radical (unpaired) electrons. The standard InChI is InChI=1S/C19H26N4O4/c1-14-3-2-4-15-18(14)22-16(21-15)9-26-10-17(24)23-6-8-27-19(12-23)11-20-5-7-25-13-19/h2-4,20H,5-13H2,1H3,(H,21,22)/t19-/m1/s1. The summed E-state index contributed by atoms with van der Waals surface area (Å²) in [6, 6.07) is 6.00. The van der Waals surface area contributed by atoms with Crippen molar-refractivity contribution in [2.24, 2.45) is 0 Å². The molecule has 2 aliphatic heterocycles. The van der Waals surface area contributed by atoms with Crippen molar-refractivity contribution in [2.75, 3.05) is 52.6 Å². The molecule has 0 unspecified atom stereocenters. The molecule has 2 aliphatic rings. The number of morpholine rings is 1. The molecule has 2 fully saturated rings. The van der Waals surface area contributed by atoms with E-state index in [1.165, 1.54) is 0 Å². The molecule has 2 saturated heterocycles. The Hall–Kier alpha value is -2.00. The van der Waals surface area contributed by atoms with Crippen LogP contribution in [0.3, 0.4) is 0 Å². The van der Waals surface area contributed by atoms with E-state index < -0.39 is 5.60 Å². The second-order valence-corrected chi connectivity index (χ2v) is 7.22. The highest BCUT2D eigenvalue weighted by atomic mass is 16.5. The second-order valence-electron chi connectivity index (χ2n) is 7.22. The number of hydrogen-bond donors (Lipinski definition) is 2. The maximum absolute atomic E-state index is 12.6. The van der Waals surface area contributed by atoms with Gasteiger partial charge >= 0.3 is 0 Å². The number of nitrogens with one attached hydrogen (secondary N) is 2. The average Bonchev–Trinajstić information content (AvgIpc) is 2.97. The first-order valence-corrected chi connectivity index (χ1v) is 9.37. The van der Waals surface area contributed by atoms with Gasteiger partial charge in [0.25, 0.3) is 0 Å². The van der Waals surface area contributed by atoms with Crippen LogP contribution in [0.5, 0.6) is 0 Å². The molecule has 8 nitrogen and oxygen atoms in total. The summed E-state index contributed by atoms with van der Waals surface area (Å²) in [6.45, 7) is 6.61. The van der Waals surface area contributed by atoms with Crippen molar-refractivity contribution in [1.29, 1.82) is 0 Å². The second kappa shape index (κ2) is 7.93. The van der Waals surface area contributed by atoms with Crippen molar-refractivity contribution in [3.63, 3.8) is 0 Å². The van der Waals surface area contributed by atoms with E-state index in [2.05, 4.69) is 15.3 Å². The molecule has 2 N–H and O–H groups in total. The van der Waals surface area contributed by atoms with Crippen LogP contribution in [0.25, 0.3) is 11.0 Å². The number of aryl methyl sites for hydroxylation is 1. The lowest BCUT2D eigenvalue weighted by atomic mass is 10.0. The lowest BCUT2D eigenvalue weighted by Crippen LogP contribution is -2.59. The Kier molecular flexibility index (Phi) is 5.40. The Labute approximate surface area is 158 Å². The van der Waals surface area contributed by atoms with E-state index in [0.717, 1.165) is 29.0 Å². The number of hydrogen-bond acceptors (Lipinski definition) is 6. The summed E-state index contributed by atoms with van der Waals surface area (Å²) >= 11 is 0. The predicted octanol–water partition coefficient (Wildman–Crippen LogP) is 0.605. The topological polar surface area (TPSA) is 88.7 Å². The maximum Gasteiger partial charge on any atom is 0.248 e. The van der Waals surface area contributed by atoms with Crippen LogP contribution < -0.4 is 5.32 Å². The summed E-state index contributed by atoms with van der Waals surface area (Å²) in [5.74, 6) is 0.695. The van der Waals surface area contributed by atoms with Gasteiger partial charge in [-0.2, -0.15) is 0 Å². The largest absolute Gasteiger partial charge is 0.377 e. The molecule has 8 heteroatoms. The van der Waals surface area contributed by atoms with Crippen LogP contribution in [0.1, 0.15) is 11.4 Å². The molecule has 0 bridgehead atoms. The number of H-pyrrole nitrogens is 1. The van der Waals surface area contributed by atoms with E-state index in [1.807, 2.05) is 30.0 Å². The predicted molar refractivity (Wildman–Crippen MR) is 99.4 cm³/mol. The minimum atomic E-state index is -0.458. The average molecular weight is 374 g/mol. The van der Waals surface area contributed by atoms with Gasteiger partial charge in [0.15, 0.2) is 0 Å². The number of imidazole rings is 1. The third-order valence-electron chi connectivity index (χ3n) is 5.06. The molecule has 27 heavy (non-hydrogen) atoms. The number of benzene rings is 1. The lowest BCUT2D eigenvalue weighted by Gasteiger charge is -2.41. The summed E-state index contributed by atoms with van der Waals surface area (Å²) in [5, 5.41) is 3.32. The number of rotatable bonds is 4.